The quantitative estimate of drug-likeness (QED) is 0.750. The summed E-state index contributed by atoms with van der Waals surface area (Å²) in [5.74, 6) is 0.877. The minimum atomic E-state index is 0.611. The fourth-order valence-corrected chi connectivity index (χ4v) is 2.72. The molecule has 0 radical (unpaired) electrons. The van der Waals surface area contributed by atoms with Gasteiger partial charge in [0.1, 0.15) is 22.5 Å². The Kier molecular flexibility index (Phi) is 2.69. The predicted molar refractivity (Wildman–Crippen MR) is 76.2 cm³/mol. The molecule has 6 heteroatoms. The third-order valence-corrected chi connectivity index (χ3v) is 3.79. The van der Waals surface area contributed by atoms with Gasteiger partial charge in [0.05, 0.1) is 11.0 Å². The van der Waals surface area contributed by atoms with Crippen molar-refractivity contribution < 1.29 is 0 Å². The number of hydrogen-bond donors (Lipinski definition) is 2. The molecule has 3 rings (SSSR count). The number of aromatic amines is 1. The first-order valence-electron chi connectivity index (χ1n) is 5.76. The number of hydrogen-bond acceptors (Lipinski definition) is 5. The number of nitrogens with one attached hydrogen (secondary N) is 2. The maximum absolute atomic E-state index is 9.18. The molecule has 2 heterocycles. The van der Waals surface area contributed by atoms with Gasteiger partial charge in [-0.15, -0.1) is 0 Å². The molecule has 0 aliphatic rings. The van der Waals surface area contributed by atoms with Crippen LogP contribution in [-0.4, -0.2) is 22.0 Å². The lowest BCUT2D eigenvalue weighted by molar-refractivity contribution is 1.17. The van der Waals surface area contributed by atoms with E-state index < -0.39 is 0 Å². The van der Waals surface area contributed by atoms with Gasteiger partial charge in [-0.2, -0.15) is 5.26 Å². The molecule has 3 aromatic rings. The molecule has 19 heavy (non-hydrogen) atoms. The van der Waals surface area contributed by atoms with Crippen LogP contribution in [0.1, 0.15) is 10.7 Å². The average Bonchev–Trinajstić information content (AvgIpc) is 2.99. The van der Waals surface area contributed by atoms with Gasteiger partial charge >= 0.3 is 0 Å². The fourth-order valence-electron chi connectivity index (χ4n) is 1.98. The molecule has 2 N–H and O–H groups in total. The summed E-state index contributed by atoms with van der Waals surface area (Å²) in [5.41, 5.74) is 3.51. The number of imidazole rings is 1. The van der Waals surface area contributed by atoms with Crippen LogP contribution in [0.4, 0.5) is 5.13 Å². The third-order valence-electron chi connectivity index (χ3n) is 2.82. The molecule has 0 amide bonds. The molecular weight excluding hydrogens is 258 g/mol. The number of nitrogens with zero attached hydrogens (tertiary/aromatic N) is 3. The topological polar surface area (TPSA) is 77.4 Å². The molecule has 0 unspecified atom stereocenters. The minimum absolute atomic E-state index is 0.611. The first kappa shape index (κ1) is 11.7. The normalized spacial score (nSPS) is 10.6. The number of aryl methyl sites for hydroxylation is 1. The zero-order valence-corrected chi connectivity index (χ0v) is 11.3. The summed E-state index contributed by atoms with van der Waals surface area (Å²) in [6.45, 7) is 1.92. The maximum atomic E-state index is 9.18. The fraction of sp³-hybridized carbons (Fsp3) is 0.154. The molecule has 0 fully saturated rings. The van der Waals surface area contributed by atoms with Crippen molar-refractivity contribution in [3.05, 3.63) is 28.9 Å². The highest BCUT2D eigenvalue weighted by molar-refractivity contribution is 7.16. The van der Waals surface area contributed by atoms with E-state index in [0.717, 1.165) is 27.6 Å². The molecule has 2 aromatic heterocycles. The number of fused-ring (bicyclic) bond motifs is 1. The van der Waals surface area contributed by atoms with Crippen LogP contribution in [0.15, 0.2) is 18.2 Å². The van der Waals surface area contributed by atoms with Crippen molar-refractivity contribution in [1.29, 1.82) is 5.26 Å². The molecule has 0 spiro atoms. The van der Waals surface area contributed by atoms with Gasteiger partial charge in [-0.25, -0.2) is 9.97 Å². The highest BCUT2D eigenvalue weighted by Crippen LogP contribution is 2.31. The lowest BCUT2D eigenvalue weighted by Gasteiger charge is -1.97. The molecule has 0 bridgehead atoms. The second-order valence-electron chi connectivity index (χ2n) is 4.11. The molecule has 0 aliphatic carbocycles. The van der Waals surface area contributed by atoms with Gasteiger partial charge in [0, 0.05) is 12.6 Å². The molecule has 5 nitrogen and oxygen atoms in total. The molecule has 0 aliphatic heterocycles. The summed E-state index contributed by atoms with van der Waals surface area (Å²) in [6, 6.07) is 8.05. The van der Waals surface area contributed by atoms with Gasteiger partial charge in [0.25, 0.3) is 0 Å². The lowest BCUT2D eigenvalue weighted by atomic mass is 10.1. The highest BCUT2D eigenvalue weighted by atomic mass is 32.1. The number of nitriles is 1. The SMILES string of the molecule is CNc1nc(-c2ccc3nc(C)[nH]c3c2)c(C#N)s1. The Hall–Kier alpha value is -2.39. The van der Waals surface area contributed by atoms with Crippen LogP contribution >= 0.6 is 11.3 Å². The maximum Gasteiger partial charge on any atom is 0.184 e. The number of benzene rings is 1. The second kappa shape index (κ2) is 4.37. The molecule has 0 saturated carbocycles. The van der Waals surface area contributed by atoms with Crippen LogP contribution < -0.4 is 5.32 Å². The van der Waals surface area contributed by atoms with Crippen molar-refractivity contribution in [2.24, 2.45) is 0 Å². The van der Waals surface area contributed by atoms with Crippen LogP contribution in [0.2, 0.25) is 0 Å². The van der Waals surface area contributed by atoms with E-state index in [4.69, 9.17) is 0 Å². The largest absolute Gasteiger partial charge is 0.365 e. The van der Waals surface area contributed by atoms with Crippen molar-refractivity contribution in [3.8, 4) is 17.3 Å². The summed E-state index contributed by atoms with van der Waals surface area (Å²) in [6.07, 6.45) is 0. The van der Waals surface area contributed by atoms with E-state index in [-0.39, 0.29) is 0 Å². The van der Waals surface area contributed by atoms with Gasteiger partial charge in [-0.1, -0.05) is 17.4 Å². The Morgan fingerprint density at radius 3 is 2.95 bits per heavy atom. The molecule has 0 atom stereocenters. The monoisotopic (exact) mass is 269 g/mol. The Morgan fingerprint density at radius 1 is 1.37 bits per heavy atom. The predicted octanol–water partition coefficient (Wildman–Crippen LogP) is 2.91. The summed E-state index contributed by atoms with van der Waals surface area (Å²) in [5, 5.41) is 12.9. The van der Waals surface area contributed by atoms with E-state index in [0.29, 0.717) is 10.6 Å². The minimum Gasteiger partial charge on any atom is -0.365 e. The van der Waals surface area contributed by atoms with Gasteiger partial charge in [-0.3, -0.25) is 0 Å². The van der Waals surface area contributed by atoms with Crippen LogP contribution in [0.5, 0.6) is 0 Å². The Bertz CT molecular complexity index is 793. The van der Waals surface area contributed by atoms with Crippen molar-refractivity contribution in [1.82, 2.24) is 15.0 Å². The van der Waals surface area contributed by atoms with Crippen LogP contribution in [0, 0.1) is 18.3 Å². The van der Waals surface area contributed by atoms with E-state index in [1.807, 2.05) is 25.1 Å². The number of rotatable bonds is 2. The summed E-state index contributed by atoms with van der Waals surface area (Å²) in [7, 11) is 1.80. The van der Waals surface area contributed by atoms with Crippen molar-refractivity contribution >= 4 is 27.5 Å². The molecule has 1 aromatic carbocycles. The van der Waals surface area contributed by atoms with E-state index in [1.54, 1.807) is 7.05 Å². The average molecular weight is 269 g/mol. The first-order valence-corrected chi connectivity index (χ1v) is 6.58. The Balaban J connectivity index is 2.18. The van der Waals surface area contributed by atoms with E-state index in [2.05, 4.69) is 26.3 Å². The smallest absolute Gasteiger partial charge is 0.184 e. The molecule has 0 saturated heterocycles. The standard InChI is InChI=1S/C13H11N5S/c1-7-16-9-4-3-8(5-10(9)17-7)12-11(6-14)19-13(15-2)18-12/h3-5H,1-2H3,(H,15,18)(H,16,17). The van der Waals surface area contributed by atoms with Gasteiger partial charge in [-0.05, 0) is 19.1 Å². The highest BCUT2D eigenvalue weighted by Gasteiger charge is 2.13. The Morgan fingerprint density at radius 2 is 2.21 bits per heavy atom. The summed E-state index contributed by atoms with van der Waals surface area (Å²) in [4.78, 5) is 12.6. The van der Waals surface area contributed by atoms with E-state index >= 15 is 0 Å². The van der Waals surface area contributed by atoms with E-state index in [1.165, 1.54) is 11.3 Å². The van der Waals surface area contributed by atoms with Gasteiger partial charge in [0.15, 0.2) is 5.13 Å². The van der Waals surface area contributed by atoms with Gasteiger partial charge < -0.3 is 10.3 Å². The summed E-state index contributed by atoms with van der Waals surface area (Å²) >= 11 is 1.36. The van der Waals surface area contributed by atoms with Crippen molar-refractivity contribution in [2.75, 3.05) is 12.4 Å². The number of aromatic nitrogens is 3. The second-order valence-corrected chi connectivity index (χ2v) is 5.11. The molecular formula is C13H11N5S. The van der Waals surface area contributed by atoms with Crippen LogP contribution in [-0.2, 0) is 0 Å². The van der Waals surface area contributed by atoms with Crippen LogP contribution in [0.25, 0.3) is 22.3 Å². The van der Waals surface area contributed by atoms with Crippen molar-refractivity contribution in [2.45, 2.75) is 6.92 Å². The number of thiazole rings is 1. The van der Waals surface area contributed by atoms with Gasteiger partial charge in [0.2, 0.25) is 0 Å². The first-order chi connectivity index (χ1) is 9.21. The number of anilines is 1. The summed E-state index contributed by atoms with van der Waals surface area (Å²) < 4.78 is 0. The lowest BCUT2D eigenvalue weighted by Crippen LogP contribution is -1.86. The molecule has 94 valence electrons. The van der Waals surface area contributed by atoms with Crippen LogP contribution in [0.3, 0.4) is 0 Å². The zero-order chi connectivity index (χ0) is 13.4. The van der Waals surface area contributed by atoms with E-state index in [9.17, 15) is 5.26 Å². The van der Waals surface area contributed by atoms with Crippen molar-refractivity contribution in [3.63, 3.8) is 0 Å². The zero-order valence-electron chi connectivity index (χ0n) is 10.5. The number of H-pyrrole nitrogens is 1. The Labute approximate surface area is 113 Å². The third kappa shape index (κ3) is 1.94.